The molecule has 0 aliphatic rings. The van der Waals surface area contributed by atoms with E-state index >= 15 is 0 Å². The lowest BCUT2D eigenvalue weighted by atomic mass is 10.1. The summed E-state index contributed by atoms with van der Waals surface area (Å²) in [4.78, 5) is 2.46. The third-order valence-corrected chi connectivity index (χ3v) is 4.26. The highest BCUT2D eigenvalue weighted by atomic mass is 79.9. The first kappa shape index (κ1) is 17.5. The first-order valence-electron chi connectivity index (χ1n) is 7.36. The number of hydrogen-bond acceptors (Lipinski definition) is 3. The molecule has 114 valence electrons. The van der Waals surface area contributed by atoms with Crippen molar-refractivity contribution < 1.29 is 4.74 Å². The van der Waals surface area contributed by atoms with Crippen molar-refractivity contribution in [3.63, 3.8) is 0 Å². The molecule has 0 radical (unpaired) electrons. The quantitative estimate of drug-likeness (QED) is 0.738. The van der Waals surface area contributed by atoms with Crippen molar-refractivity contribution in [3.8, 4) is 0 Å². The van der Waals surface area contributed by atoms with Gasteiger partial charge < -0.3 is 15.0 Å². The topological polar surface area (TPSA) is 24.5 Å². The van der Waals surface area contributed by atoms with E-state index in [1.807, 2.05) is 7.05 Å². The van der Waals surface area contributed by atoms with Crippen LogP contribution in [0.5, 0.6) is 0 Å². The van der Waals surface area contributed by atoms with Crippen LogP contribution < -0.4 is 10.2 Å². The maximum atomic E-state index is 5.27. The largest absolute Gasteiger partial charge is 0.383 e. The van der Waals surface area contributed by atoms with E-state index in [1.165, 1.54) is 11.3 Å². The number of hydrogen-bond donors (Lipinski definition) is 1. The first-order valence-corrected chi connectivity index (χ1v) is 8.15. The zero-order valence-electron chi connectivity index (χ0n) is 13.1. The lowest BCUT2D eigenvalue weighted by Crippen LogP contribution is -2.37. The van der Waals surface area contributed by atoms with Gasteiger partial charge in [0, 0.05) is 30.7 Å². The predicted octanol–water partition coefficient (Wildman–Crippen LogP) is 3.81. The smallest absolute Gasteiger partial charge is 0.0637 e. The Morgan fingerprint density at radius 3 is 2.50 bits per heavy atom. The Bertz CT molecular complexity index is 394. The summed E-state index contributed by atoms with van der Waals surface area (Å²) in [5, 5.41) is 3.18. The number of halogens is 1. The van der Waals surface area contributed by atoms with Gasteiger partial charge in [-0.25, -0.2) is 0 Å². The fourth-order valence-electron chi connectivity index (χ4n) is 2.52. The van der Waals surface area contributed by atoms with Gasteiger partial charge in [-0.3, -0.25) is 0 Å². The molecule has 1 N–H and O–H groups in total. The molecule has 0 saturated heterocycles. The van der Waals surface area contributed by atoms with Gasteiger partial charge in [-0.1, -0.05) is 19.9 Å². The minimum atomic E-state index is 0.552. The van der Waals surface area contributed by atoms with Gasteiger partial charge in [-0.05, 0) is 53.5 Å². The maximum absolute atomic E-state index is 5.27. The molecule has 1 aromatic carbocycles. The number of benzene rings is 1. The minimum absolute atomic E-state index is 0.552. The van der Waals surface area contributed by atoms with Gasteiger partial charge in [0.25, 0.3) is 0 Å². The van der Waals surface area contributed by atoms with E-state index in [9.17, 15) is 0 Å². The van der Waals surface area contributed by atoms with Crippen molar-refractivity contribution >= 4 is 21.6 Å². The average molecular weight is 343 g/mol. The predicted molar refractivity (Wildman–Crippen MR) is 90.5 cm³/mol. The van der Waals surface area contributed by atoms with Crippen LogP contribution in [0.25, 0.3) is 0 Å². The van der Waals surface area contributed by atoms with Crippen LogP contribution in [0.2, 0.25) is 0 Å². The third-order valence-electron chi connectivity index (χ3n) is 3.62. The van der Waals surface area contributed by atoms with Crippen LogP contribution in [-0.4, -0.2) is 33.4 Å². The Labute approximate surface area is 131 Å². The molecule has 0 amide bonds. The van der Waals surface area contributed by atoms with Gasteiger partial charge in [-0.15, -0.1) is 0 Å². The van der Waals surface area contributed by atoms with E-state index in [0.29, 0.717) is 6.04 Å². The van der Waals surface area contributed by atoms with Crippen LogP contribution in [-0.2, 0) is 11.3 Å². The van der Waals surface area contributed by atoms with Crippen molar-refractivity contribution in [2.24, 2.45) is 0 Å². The molecule has 0 heterocycles. The molecule has 3 nitrogen and oxygen atoms in total. The molecule has 0 aliphatic carbocycles. The van der Waals surface area contributed by atoms with Crippen molar-refractivity contribution in [1.29, 1.82) is 0 Å². The summed E-state index contributed by atoms with van der Waals surface area (Å²) in [6.45, 7) is 7.06. The summed E-state index contributed by atoms with van der Waals surface area (Å²) in [5.41, 5.74) is 2.55. The Morgan fingerprint density at radius 2 is 2.00 bits per heavy atom. The molecule has 0 aliphatic heterocycles. The van der Waals surface area contributed by atoms with Gasteiger partial charge in [-0.2, -0.15) is 0 Å². The van der Waals surface area contributed by atoms with E-state index in [-0.39, 0.29) is 0 Å². The van der Waals surface area contributed by atoms with E-state index in [0.717, 1.165) is 37.0 Å². The highest BCUT2D eigenvalue weighted by molar-refractivity contribution is 9.10. The van der Waals surface area contributed by atoms with E-state index < -0.39 is 0 Å². The second-order valence-corrected chi connectivity index (χ2v) is 5.83. The van der Waals surface area contributed by atoms with Gasteiger partial charge in [0.05, 0.1) is 12.3 Å². The lowest BCUT2D eigenvalue weighted by Gasteiger charge is -2.33. The highest BCUT2D eigenvalue weighted by Gasteiger charge is 2.17. The number of ether oxygens (including phenoxy) is 1. The Morgan fingerprint density at radius 1 is 1.30 bits per heavy atom. The normalized spacial score (nSPS) is 11.1. The molecule has 0 spiro atoms. The number of nitrogens with one attached hydrogen (secondary N) is 1. The lowest BCUT2D eigenvalue weighted by molar-refractivity contribution is 0.202. The van der Waals surface area contributed by atoms with Gasteiger partial charge in [0.15, 0.2) is 0 Å². The fraction of sp³-hybridized carbons (Fsp3) is 0.625. The zero-order chi connectivity index (χ0) is 15.0. The third kappa shape index (κ3) is 4.76. The average Bonchev–Trinajstić information content (AvgIpc) is 2.45. The summed E-state index contributed by atoms with van der Waals surface area (Å²) in [6, 6.07) is 7.16. The first-order chi connectivity index (χ1) is 9.67. The zero-order valence-corrected chi connectivity index (χ0v) is 14.7. The summed E-state index contributed by atoms with van der Waals surface area (Å²) in [5.74, 6) is 0. The maximum Gasteiger partial charge on any atom is 0.0637 e. The number of anilines is 1. The van der Waals surface area contributed by atoms with Crippen LogP contribution in [0.4, 0.5) is 5.69 Å². The summed E-state index contributed by atoms with van der Waals surface area (Å²) < 4.78 is 6.43. The van der Waals surface area contributed by atoms with Crippen molar-refractivity contribution in [2.45, 2.75) is 39.3 Å². The molecule has 0 atom stereocenters. The highest BCUT2D eigenvalue weighted by Crippen LogP contribution is 2.30. The number of methoxy groups -OCH3 is 1. The molecule has 1 rings (SSSR count). The van der Waals surface area contributed by atoms with E-state index in [2.05, 4.69) is 58.2 Å². The van der Waals surface area contributed by atoms with Crippen LogP contribution in [0, 0.1) is 0 Å². The summed E-state index contributed by atoms with van der Waals surface area (Å²) in [6.07, 6.45) is 2.29. The second-order valence-electron chi connectivity index (χ2n) is 4.97. The Kier molecular flexibility index (Phi) is 8.19. The van der Waals surface area contributed by atoms with Crippen LogP contribution >= 0.6 is 15.9 Å². The van der Waals surface area contributed by atoms with Crippen molar-refractivity contribution in [2.75, 3.05) is 32.2 Å². The molecule has 0 aromatic heterocycles. The Hall–Kier alpha value is -0.580. The van der Waals surface area contributed by atoms with Gasteiger partial charge in [0.2, 0.25) is 0 Å². The second kappa shape index (κ2) is 9.37. The van der Waals surface area contributed by atoms with Crippen molar-refractivity contribution in [1.82, 2.24) is 5.32 Å². The molecule has 4 heteroatoms. The monoisotopic (exact) mass is 342 g/mol. The van der Waals surface area contributed by atoms with Gasteiger partial charge >= 0.3 is 0 Å². The molecule has 20 heavy (non-hydrogen) atoms. The Balaban J connectivity index is 2.99. The fourth-order valence-corrected chi connectivity index (χ4v) is 3.17. The van der Waals surface area contributed by atoms with Crippen molar-refractivity contribution in [3.05, 3.63) is 28.2 Å². The molecule has 0 unspecified atom stereocenters. The van der Waals surface area contributed by atoms with Crippen LogP contribution in [0.1, 0.15) is 32.3 Å². The molecule has 0 saturated carbocycles. The SMILES string of the molecule is CCC(CC)N(CCOC)c1ccc(CNC)cc1Br. The van der Waals surface area contributed by atoms with E-state index in [4.69, 9.17) is 4.74 Å². The van der Waals surface area contributed by atoms with Crippen LogP contribution in [0.15, 0.2) is 22.7 Å². The molecule has 1 aromatic rings. The number of rotatable bonds is 9. The standard InChI is InChI=1S/C16H27BrN2O/c1-5-14(6-2)19(9-10-20-4)16-8-7-13(12-18-3)11-15(16)17/h7-8,11,14,18H,5-6,9-10,12H2,1-4H3. The molecule has 0 fully saturated rings. The molecule has 0 bridgehead atoms. The van der Waals surface area contributed by atoms with Gasteiger partial charge in [0.1, 0.15) is 0 Å². The number of nitrogens with zero attached hydrogens (tertiary/aromatic N) is 1. The molecular formula is C16H27BrN2O. The minimum Gasteiger partial charge on any atom is -0.383 e. The summed E-state index contributed by atoms with van der Waals surface area (Å²) >= 11 is 3.73. The van der Waals surface area contributed by atoms with Crippen LogP contribution in [0.3, 0.4) is 0 Å². The summed E-state index contributed by atoms with van der Waals surface area (Å²) in [7, 11) is 3.73. The molecular weight excluding hydrogens is 316 g/mol. The van der Waals surface area contributed by atoms with E-state index in [1.54, 1.807) is 7.11 Å².